The lowest BCUT2D eigenvalue weighted by molar-refractivity contribution is 0.297. The van der Waals surface area contributed by atoms with Gasteiger partial charge in [0.05, 0.1) is 18.8 Å². The second-order valence-corrected chi connectivity index (χ2v) is 7.33. The summed E-state index contributed by atoms with van der Waals surface area (Å²) >= 11 is 0. The molecule has 0 spiro atoms. The average molecular weight is 414 g/mol. The van der Waals surface area contributed by atoms with Crippen molar-refractivity contribution in [3.05, 3.63) is 90.0 Å². The number of aliphatic hydroxyl groups excluding tert-OH is 1. The van der Waals surface area contributed by atoms with Gasteiger partial charge in [0.25, 0.3) is 0 Å². The fraction of sp³-hybridized carbons (Fsp3) is 0.167. The first kappa shape index (κ1) is 19.1. The fourth-order valence-corrected chi connectivity index (χ4v) is 4.25. The van der Waals surface area contributed by atoms with Gasteiger partial charge in [-0.1, -0.05) is 42.1 Å². The Morgan fingerprint density at radius 1 is 1.16 bits per heavy atom. The van der Waals surface area contributed by atoms with Crippen molar-refractivity contribution in [2.24, 2.45) is 0 Å². The topological polar surface area (TPSA) is 87.4 Å². The molecule has 7 heteroatoms. The molecule has 0 saturated carbocycles. The number of nitrogens with one attached hydrogen (secondary N) is 1. The van der Waals surface area contributed by atoms with Crippen LogP contribution in [0.3, 0.4) is 0 Å². The molecule has 0 bridgehead atoms. The summed E-state index contributed by atoms with van der Waals surface area (Å²) in [6, 6.07) is 17.7. The number of methoxy groups -OCH3 is 1. The van der Waals surface area contributed by atoms with E-state index in [1.807, 2.05) is 48.5 Å². The van der Waals surface area contributed by atoms with Crippen molar-refractivity contribution in [2.45, 2.75) is 12.5 Å². The molecule has 2 aromatic carbocycles. The smallest absolute Gasteiger partial charge is 0.124 e. The van der Waals surface area contributed by atoms with Crippen LogP contribution in [0.5, 0.6) is 5.75 Å². The Hall–Kier alpha value is -3.84. The maximum Gasteiger partial charge on any atom is 0.124 e. The minimum absolute atomic E-state index is 0.0339. The van der Waals surface area contributed by atoms with E-state index >= 15 is 0 Å². The highest BCUT2D eigenvalue weighted by Crippen LogP contribution is 2.49. The number of aliphatic hydroxyl groups is 1. The van der Waals surface area contributed by atoms with Gasteiger partial charge < -0.3 is 19.3 Å². The third-order valence-corrected chi connectivity index (χ3v) is 5.65. The zero-order chi connectivity index (χ0) is 21.4. The summed E-state index contributed by atoms with van der Waals surface area (Å²) in [5, 5.41) is 21.2. The average Bonchev–Trinajstić information content (AvgIpc) is 3.53. The van der Waals surface area contributed by atoms with E-state index in [1.54, 1.807) is 13.4 Å². The van der Waals surface area contributed by atoms with E-state index < -0.39 is 0 Å². The lowest BCUT2D eigenvalue weighted by atomic mass is 9.96. The second-order valence-electron chi connectivity index (χ2n) is 7.33. The molecule has 0 saturated heterocycles. The lowest BCUT2D eigenvalue weighted by Gasteiger charge is -2.30. The van der Waals surface area contributed by atoms with E-state index in [9.17, 15) is 5.11 Å². The van der Waals surface area contributed by atoms with Crippen LogP contribution in [0.4, 0.5) is 5.69 Å². The quantitative estimate of drug-likeness (QED) is 0.492. The summed E-state index contributed by atoms with van der Waals surface area (Å²) < 4.78 is 10.6. The Morgan fingerprint density at radius 2 is 1.97 bits per heavy atom. The molecule has 2 aromatic heterocycles. The Bertz CT molecular complexity index is 1210. The van der Waals surface area contributed by atoms with Gasteiger partial charge in [-0.3, -0.25) is 5.10 Å². The molecule has 1 atom stereocenters. The minimum Gasteiger partial charge on any atom is -0.496 e. The summed E-state index contributed by atoms with van der Waals surface area (Å²) in [5.41, 5.74) is 7.25. The number of para-hydroxylation sites is 1. The van der Waals surface area contributed by atoms with E-state index in [1.165, 1.54) is 0 Å². The molecule has 156 valence electrons. The predicted octanol–water partition coefficient (Wildman–Crippen LogP) is 4.19. The van der Waals surface area contributed by atoms with Crippen molar-refractivity contribution in [3.8, 4) is 17.0 Å². The van der Waals surface area contributed by atoms with Crippen molar-refractivity contribution in [3.63, 3.8) is 0 Å². The van der Waals surface area contributed by atoms with E-state index in [2.05, 4.69) is 32.9 Å². The Labute approximate surface area is 179 Å². The fourth-order valence-electron chi connectivity index (χ4n) is 4.25. The van der Waals surface area contributed by atoms with Crippen LogP contribution in [0.25, 0.3) is 17.0 Å². The molecule has 0 radical (unpaired) electrons. The summed E-state index contributed by atoms with van der Waals surface area (Å²) in [6.07, 6.45) is 2.05. The molecule has 2 N–H and O–H groups in total. The van der Waals surface area contributed by atoms with Gasteiger partial charge in [0.15, 0.2) is 0 Å². The number of ether oxygens (including phenoxy) is 1. The molecule has 1 unspecified atom stereocenters. The Morgan fingerprint density at radius 3 is 2.68 bits per heavy atom. The first-order chi connectivity index (χ1) is 15.2. The van der Waals surface area contributed by atoms with Gasteiger partial charge in [-0.05, 0) is 18.2 Å². The SMILES string of the molecule is C=C1c2n[nH]c(CCO)c2C(c2ccccc2OC)N1c1ccc(-c2ccon2)cc1. The van der Waals surface area contributed by atoms with Gasteiger partial charge in [-0.25, -0.2) is 0 Å². The normalized spacial score (nSPS) is 15.4. The number of hydrogen-bond donors (Lipinski definition) is 2. The number of rotatable bonds is 6. The van der Waals surface area contributed by atoms with Crippen LogP contribution in [0.1, 0.15) is 28.6 Å². The van der Waals surface area contributed by atoms with Crippen LogP contribution in [-0.4, -0.2) is 34.2 Å². The third kappa shape index (κ3) is 3.10. The number of fused-ring (bicyclic) bond motifs is 1. The van der Waals surface area contributed by atoms with Gasteiger partial charge >= 0.3 is 0 Å². The molecule has 1 aliphatic heterocycles. The first-order valence-corrected chi connectivity index (χ1v) is 10.0. The predicted molar refractivity (Wildman–Crippen MR) is 118 cm³/mol. The number of H-pyrrole nitrogens is 1. The summed E-state index contributed by atoms with van der Waals surface area (Å²) in [6.45, 7) is 4.38. The van der Waals surface area contributed by atoms with E-state index in [0.29, 0.717) is 6.42 Å². The van der Waals surface area contributed by atoms with Crippen LogP contribution in [-0.2, 0) is 6.42 Å². The van der Waals surface area contributed by atoms with Crippen LogP contribution in [0.2, 0.25) is 0 Å². The number of anilines is 1. The lowest BCUT2D eigenvalue weighted by Crippen LogP contribution is -2.23. The number of aromatic nitrogens is 3. The van der Waals surface area contributed by atoms with Crippen molar-refractivity contribution in [1.82, 2.24) is 15.4 Å². The molecular weight excluding hydrogens is 392 g/mol. The van der Waals surface area contributed by atoms with Gasteiger partial charge in [0, 0.05) is 47.2 Å². The third-order valence-electron chi connectivity index (χ3n) is 5.65. The van der Waals surface area contributed by atoms with Crippen LogP contribution >= 0.6 is 0 Å². The van der Waals surface area contributed by atoms with E-state index in [-0.39, 0.29) is 12.6 Å². The maximum atomic E-state index is 9.57. The highest BCUT2D eigenvalue weighted by molar-refractivity contribution is 5.86. The zero-order valence-electron chi connectivity index (χ0n) is 17.1. The molecule has 0 fully saturated rings. The zero-order valence-corrected chi connectivity index (χ0v) is 17.1. The number of nitrogens with zero attached hydrogens (tertiary/aromatic N) is 3. The van der Waals surface area contributed by atoms with Gasteiger partial charge in [0.1, 0.15) is 23.4 Å². The second kappa shape index (κ2) is 7.77. The Balaban J connectivity index is 1.64. The van der Waals surface area contributed by atoms with Crippen molar-refractivity contribution in [1.29, 1.82) is 0 Å². The summed E-state index contributed by atoms with van der Waals surface area (Å²) in [7, 11) is 1.67. The molecule has 3 heterocycles. The monoisotopic (exact) mass is 414 g/mol. The molecular formula is C24H22N4O3. The van der Waals surface area contributed by atoms with Gasteiger partial charge in [0.2, 0.25) is 0 Å². The summed E-state index contributed by atoms with van der Waals surface area (Å²) in [4.78, 5) is 2.16. The number of aromatic amines is 1. The number of benzene rings is 2. The molecule has 5 rings (SSSR count). The maximum absolute atomic E-state index is 9.57. The Kier molecular flexibility index (Phi) is 4.80. The van der Waals surface area contributed by atoms with Crippen molar-refractivity contribution >= 4 is 11.4 Å². The molecule has 7 nitrogen and oxygen atoms in total. The standard InChI is InChI=1S/C24H22N4O3/c1-15-23-22(20(11-13-29)25-26-23)24(18-5-3-4-6-21(18)30-2)28(15)17-9-7-16(8-10-17)19-12-14-31-27-19/h3-10,12,14,24,29H,1,11,13H2,2H3,(H,25,26). The van der Waals surface area contributed by atoms with Crippen LogP contribution in [0, 0.1) is 0 Å². The van der Waals surface area contributed by atoms with Crippen LogP contribution < -0.4 is 9.64 Å². The molecule has 0 amide bonds. The van der Waals surface area contributed by atoms with Crippen molar-refractivity contribution < 1.29 is 14.4 Å². The molecule has 0 aliphatic carbocycles. The van der Waals surface area contributed by atoms with Crippen LogP contribution in [0.15, 0.2) is 72.0 Å². The highest BCUT2D eigenvalue weighted by Gasteiger charge is 2.40. The minimum atomic E-state index is -0.183. The number of hydrogen-bond acceptors (Lipinski definition) is 6. The van der Waals surface area contributed by atoms with Gasteiger partial charge in [-0.15, -0.1) is 0 Å². The van der Waals surface area contributed by atoms with E-state index in [4.69, 9.17) is 9.26 Å². The van der Waals surface area contributed by atoms with E-state index in [0.717, 1.165) is 50.9 Å². The molecule has 4 aromatic rings. The summed E-state index contributed by atoms with van der Waals surface area (Å²) in [5.74, 6) is 0.786. The highest BCUT2D eigenvalue weighted by atomic mass is 16.5. The first-order valence-electron chi connectivity index (χ1n) is 10.0. The molecule has 31 heavy (non-hydrogen) atoms. The van der Waals surface area contributed by atoms with Crippen molar-refractivity contribution in [2.75, 3.05) is 18.6 Å². The van der Waals surface area contributed by atoms with Gasteiger partial charge in [-0.2, -0.15) is 5.10 Å². The largest absolute Gasteiger partial charge is 0.496 e. The molecule has 1 aliphatic rings.